The SMILES string of the molecule is Cc1ccccc1-c1c(C(=O)Nc2ccccc2Cl)c(=O)cc(C)n1Cc1ccccn1. The Morgan fingerprint density at radius 1 is 1.00 bits per heavy atom. The summed E-state index contributed by atoms with van der Waals surface area (Å²) in [6.07, 6.45) is 1.73. The molecule has 0 saturated heterocycles. The fourth-order valence-electron chi connectivity index (χ4n) is 3.71. The molecule has 2 aromatic heterocycles. The number of nitrogens with zero attached hydrogens (tertiary/aromatic N) is 2. The zero-order chi connectivity index (χ0) is 22.7. The van der Waals surface area contributed by atoms with Gasteiger partial charge in [0.25, 0.3) is 5.91 Å². The van der Waals surface area contributed by atoms with Crippen LogP contribution >= 0.6 is 11.6 Å². The molecular weight excluding hydrogens is 422 g/mol. The minimum atomic E-state index is -0.504. The van der Waals surface area contributed by atoms with Gasteiger partial charge >= 0.3 is 0 Å². The highest BCUT2D eigenvalue weighted by atomic mass is 35.5. The first kappa shape index (κ1) is 21.5. The fraction of sp³-hybridized carbons (Fsp3) is 0.115. The third-order valence-corrected chi connectivity index (χ3v) is 5.64. The van der Waals surface area contributed by atoms with Crippen molar-refractivity contribution in [1.82, 2.24) is 9.55 Å². The maximum Gasteiger partial charge on any atom is 0.261 e. The van der Waals surface area contributed by atoms with Gasteiger partial charge in [-0.15, -0.1) is 0 Å². The molecule has 0 spiro atoms. The van der Waals surface area contributed by atoms with Crippen LogP contribution in [0.4, 0.5) is 5.69 Å². The number of carbonyl (C=O) groups excluding carboxylic acids is 1. The first-order chi connectivity index (χ1) is 15.5. The number of amides is 1. The number of para-hydroxylation sites is 1. The summed E-state index contributed by atoms with van der Waals surface area (Å²) in [5.74, 6) is -0.504. The van der Waals surface area contributed by atoms with Gasteiger partial charge in [-0.1, -0.05) is 54.1 Å². The third kappa shape index (κ3) is 4.34. The van der Waals surface area contributed by atoms with Crippen molar-refractivity contribution in [3.8, 4) is 11.3 Å². The molecule has 2 heterocycles. The second-order valence-electron chi connectivity index (χ2n) is 7.53. The first-order valence-electron chi connectivity index (χ1n) is 10.2. The Kier molecular flexibility index (Phi) is 6.19. The van der Waals surface area contributed by atoms with Crippen molar-refractivity contribution < 1.29 is 4.79 Å². The Hall–Kier alpha value is -3.70. The number of hydrogen-bond acceptors (Lipinski definition) is 3. The van der Waals surface area contributed by atoms with Crippen molar-refractivity contribution in [3.05, 3.63) is 117 Å². The average molecular weight is 444 g/mol. The molecule has 0 bridgehead atoms. The molecule has 0 unspecified atom stereocenters. The second-order valence-corrected chi connectivity index (χ2v) is 7.94. The topological polar surface area (TPSA) is 64.0 Å². The molecule has 0 radical (unpaired) electrons. The maximum absolute atomic E-state index is 13.4. The number of benzene rings is 2. The van der Waals surface area contributed by atoms with E-state index in [9.17, 15) is 9.59 Å². The molecule has 6 heteroatoms. The van der Waals surface area contributed by atoms with Crippen LogP contribution in [0.1, 0.15) is 27.3 Å². The Morgan fingerprint density at radius 2 is 1.72 bits per heavy atom. The summed E-state index contributed by atoms with van der Waals surface area (Å²) in [7, 11) is 0. The van der Waals surface area contributed by atoms with Crippen LogP contribution in [0.5, 0.6) is 0 Å². The summed E-state index contributed by atoms with van der Waals surface area (Å²) < 4.78 is 1.97. The van der Waals surface area contributed by atoms with Gasteiger partial charge < -0.3 is 9.88 Å². The average Bonchev–Trinajstić information content (AvgIpc) is 2.78. The van der Waals surface area contributed by atoms with E-state index in [-0.39, 0.29) is 11.0 Å². The van der Waals surface area contributed by atoms with E-state index in [0.717, 1.165) is 22.5 Å². The number of anilines is 1. The highest BCUT2D eigenvalue weighted by Gasteiger charge is 2.23. The number of rotatable bonds is 5. The highest BCUT2D eigenvalue weighted by molar-refractivity contribution is 6.34. The Labute approximate surface area is 191 Å². The van der Waals surface area contributed by atoms with Crippen molar-refractivity contribution in [2.24, 2.45) is 0 Å². The Bertz CT molecular complexity index is 1350. The summed E-state index contributed by atoms with van der Waals surface area (Å²) in [6, 6.07) is 21.8. The summed E-state index contributed by atoms with van der Waals surface area (Å²) in [4.78, 5) is 31.0. The van der Waals surface area contributed by atoms with Crippen LogP contribution in [-0.2, 0) is 6.54 Å². The lowest BCUT2D eigenvalue weighted by atomic mass is 9.98. The quantitative estimate of drug-likeness (QED) is 0.444. The molecule has 5 nitrogen and oxygen atoms in total. The molecule has 1 amide bonds. The van der Waals surface area contributed by atoms with E-state index < -0.39 is 5.91 Å². The van der Waals surface area contributed by atoms with Gasteiger partial charge in [0.1, 0.15) is 5.56 Å². The molecule has 0 saturated carbocycles. The van der Waals surface area contributed by atoms with Crippen LogP contribution in [0.2, 0.25) is 5.02 Å². The van der Waals surface area contributed by atoms with E-state index in [1.54, 1.807) is 30.5 Å². The number of halogens is 1. The Morgan fingerprint density at radius 3 is 2.44 bits per heavy atom. The van der Waals surface area contributed by atoms with Crippen LogP contribution in [-0.4, -0.2) is 15.5 Å². The minimum Gasteiger partial charge on any atom is -0.338 e. The monoisotopic (exact) mass is 443 g/mol. The number of carbonyl (C=O) groups is 1. The summed E-state index contributed by atoms with van der Waals surface area (Å²) in [5, 5.41) is 3.21. The lowest BCUT2D eigenvalue weighted by molar-refractivity contribution is 0.102. The van der Waals surface area contributed by atoms with Crippen LogP contribution in [0.15, 0.2) is 83.8 Å². The van der Waals surface area contributed by atoms with Gasteiger partial charge in [-0.2, -0.15) is 0 Å². The number of nitrogens with one attached hydrogen (secondary N) is 1. The normalized spacial score (nSPS) is 10.7. The van der Waals surface area contributed by atoms with Crippen LogP contribution in [0, 0.1) is 13.8 Å². The molecule has 0 aliphatic rings. The van der Waals surface area contributed by atoms with Gasteiger partial charge in [-0.05, 0) is 43.7 Å². The van der Waals surface area contributed by atoms with Gasteiger partial charge in [0.2, 0.25) is 0 Å². The number of aromatic nitrogens is 2. The molecule has 0 aliphatic heterocycles. The predicted octanol–water partition coefficient (Wildman–Crippen LogP) is 5.48. The van der Waals surface area contributed by atoms with Crippen molar-refractivity contribution in [3.63, 3.8) is 0 Å². The smallest absolute Gasteiger partial charge is 0.261 e. The van der Waals surface area contributed by atoms with E-state index in [0.29, 0.717) is 22.9 Å². The van der Waals surface area contributed by atoms with Crippen LogP contribution in [0.25, 0.3) is 11.3 Å². The van der Waals surface area contributed by atoms with E-state index in [1.165, 1.54) is 6.07 Å². The van der Waals surface area contributed by atoms with Gasteiger partial charge in [-0.25, -0.2) is 0 Å². The lowest BCUT2D eigenvalue weighted by Crippen LogP contribution is -2.27. The van der Waals surface area contributed by atoms with E-state index in [1.807, 2.05) is 60.9 Å². The van der Waals surface area contributed by atoms with E-state index >= 15 is 0 Å². The van der Waals surface area contributed by atoms with Crippen molar-refractivity contribution in [2.75, 3.05) is 5.32 Å². The summed E-state index contributed by atoms with van der Waals surface area (Å²) in [6.45, 7) is 4.24. The zero-order valence-electron chi connectivity index (χ0n) is 17.8. The van der Waals surface area contributed by atoms with Gasteiger partial charge in [0.15, 0.2) is 5.43 Å². The van der Waals surface area contributed by atoms with Crippen molar-refractivity contribution in [1.29, 1.82) is 0 Å². The van der Waals surface area contributed by atoms with E-state index in [2.05, 4.69) is 10.3 Å². The lowest BCUT2D eigenvalue weighted by Gasteiger charge is -2.21. The fourth-order valence-corrected chi connectivity index (χ4v) is 3.89. The molecule has 0 fully saturated rings. The summed E-state index contributed by atoms with van der Waals surface area (Å²) >= 11 is 6.24. The molecule has 4 rings (SSSR count). The summed E-state index contributed by atoms with van der Waals surface area (Å²) in [5.41, 5.74) is 4.07. The highest BCUT2D eigenvalue weighted by Crippen LogP contribution is 2.29. The molecule has 2 aromatic carbocycles. The zero-order valence-corrected chi connectivity index (χ0v) is 18.6. The molecule has 1 N–H and O–H groups in total. The number of hydrogen-bond donors (Lipinski definition) is 1. The third-order valence-electron chi connectivity index (χ3n) is 5.31. The first-order valence-corrected chi connectivity index (χ1v) is 10.6. The van der Waals surface area contributed by atoms with E-state index in [4.69, 9.17) is 11.6 Å². The van der Waals surface area contributed by atoms with Gasteiger partial charge in [0.05, 0.1) is 28.6 Å². The minimum absolute atomic E-state index is 0.0701. The van der Waals surface area contributed by atoms with Gasteiger partial charge in [0, 0.05) is 23.5 Å². The number of pyridine rings is 2. The molecule has 160 valence electrons. The maximum atomic E-state index is 13.4. The molecular formula is C26H22ClN3O2. The molecule has 0 atom stereocenters. The van der Waals surface area contributed by atoms with Crippen LogP contribution in [0.3, 0.4) is 0 Å². The van der Waals surface area contributed by atoms with Gasteiger partial charge in [-0.3, -0.25) is 14.6 Å². The van der Waals surface area contributed by atoms with Crippen molar-refractivity contribution >= 4 is 23.2 Å². The molecule has 32 heavy (non-hydrogen) atoms. The van der Waals surface area contributed by atoms with Crippen LogP contribution < -0.4 is 10.7 Å². The standard InChI is InChI=1S/C26H22ClN3O2/c1-17-9-3-4-11-20(17)25-24(26(32)29-22-13-6-5-12-21(22)27)23(31)15-18(2)30(25)16-19-10-7-8-14-28-19/h3-15H,16H2,1-2H3,(H,29,32). The second kappa shape index (κ2) is 9.20. The molecule has 4 aromatic rings. The predicted molar refractivity (Wildman–Crippen MR) is 128 cm³/mol. The Balaban J connectivity index is 1.94. The van der Waals surface area contributed by atoms with Crippen molar-refractivity contribution in [2.45, 2.75) is 20.4 Å². The largest absolute Gasteiger partial charge is 0.338 e. The molecule has 0 aliphatic carbocycles. The number of aryl methyl sites for hydroxylation is 2.